The van der Waals surface area contributed by atoms with Crippen LogP contribution in [-0.2, 0) is 62.0 Å². The molecule has 1 aromatic heterocycles. The molecule has 2 unspecified atom stereocenters. The van der Waals surface area contributed by atoms with E-state index in [4.69, 9.17) is 23.7 Å². The Morgan fingerprint density at radius 2 is 1.52 bits per heavy atom. The number of carbonyl (C=O) groups excluding carboxylic acids is 7. The highest BCUT2D eigenvalue weighted by atomic mass is 32.2. The van der Waals surface area contributed by atoms with Crippen molar-refractivity contribution in [2.75, 3.05) is 18.1 Å². The number of fused-ring (bicyclic) bond motifs is 1. The predicted octanol–water partition coefficient (Wildman–Crippen LogP) is -0.0329. The quantitative estimate of drug-likeness (QED) is 0.104. The molecule has 2 N–H and O–H groups in total. The Morgan fingerprint density at radius 3 is 2.04 bits per heavy atom. The minimum Gasteiger partial charge on any atom is -0.477 e. The summed E-state index contributed by atoms with van der Waals surface area (Å²) in [4.78, 5) is 100. The van der Waals surface area contributed by atoms with Crippen molar-refractivity contribution in [3.63, 3.8) is 0 Å². The number of hydrogen-bond donors (Lipinski definition) is 2. The van der Waals surface area contributed by atoms with Crippen LogP contribution in [0, 0.1) is 6.92 Å². The van der Waals surface area contributed by atoms with Crippen LogP contribution in [0.5, 0.6) is 0 Å². The van der Waals surface area contributed by atoms with Gasteiger partial charge >= 0.3 is 35.8 Å². The second-order valence-corrected chi connectivity index (χ2v) is 13.7. The number of nitrogens with one attached hydrogen (secondary N) is 1. The number of aliphatic carboxylic acids is 1. The molecule has 0 bridgehead atoms. The monoisotopic (exact) mass is 732 g/mol. The molecule has 21 heteroatoms. The van der Waals surface area contributed by atoms with Gasteiger partial charge in [0.1, 0.15) is 28.7 Å². The van der Waals surface area contributed by atoms with Crippen LogP contribution in [0.25, 0.3) is 0 Å². The molecule has 18 nitrogen and oxygen atoms in total. The van der Waals surface area contributed by atoms with Crippen LogP contribution in [-0.4, -0.2) is 122 Å². The zero-order chi connectivity index (χ0) is 35.9. The molecule has 0 radical (unpaired) electrons. The molecule has 48 heavy (non-hydrogen) atoms. The number of amides is 2. The zero-order valence-electron chi connectivity index (χ0n) is 26.4. The minimum absolute atomic E-state index is 0.186. The summed E-state index contributed by atoms with van der Waals surface area (Å²) in [5.41, 5.74) is 0.197. The van der Waals surface area contributed by atoms with Crippen LogP contribution >= 0.6 is 34.9 Å². The van der Waals surface area contributed by atoms with E-state index in [2.05, 4.69) is 15.5 Å². The van der Waals surface area contributed by atoms with Gasteiger partial charge in [0.05, 0.1) is 0 Å². The highest BCUT2D eigenvalue weighted by Crippen LogP contribution is 2.42. The lowest BCUT2D eigenvalue weighted by molar-refractivity contribution is -0.203. The largest absolute Gasteiger partial charge is 0.477 e. The van der Waals surface area contributed by atoms with Gasteiger partial charge in [-0.3, -0.25) is 38.5 Å². The van der Waals surface area contributed by atoms with Crippen molar-refractivity contribution in [3.05, 3.63) is 16.3 Å². The maximum Gasteiger partial charge on any atom is 0.352 e. The number of ether oxygens (including phenoxy) is 5. The molecule has 1 aromatic rings. The second kappa shape index (κ2) is 16.7. The first-order valence-electron chi connectivity index (χ1n) is 14.0. The molecule has 3 rings (SSSR count). The molecule has 3 heterocycles. The van der Waals surface area contributed by atoms with Crippen molar-refractivity contribution in [2.45, 2.75) is 81.7 Å². The minimum atomic E-state index is -2.11. The number of β-lactam (4-membered cyclic amide) rings is 1. The van der Waals surface area contributed by atoms with Crippen molar-refractivity contribution < 1.29 is 67.1 Å². The van der Waals surface area contributed by atoms with Gasteiger partial charge in [-0.15, -0.1) is 22.0 Å². The average molecular weight is 733 g/mol. The Bertz CT molecular complexity index is 1510. The molecule has 2 amide bonds. The lowest BCUT2D eigenvalue weighted by Crippen LogP contribution is -2.72. The number of rotatable bonds is 15. The van der Waals surface area contributed by atoms with E-state index in [1.807, 2.05) is 0 Å². The summed E-state index contributed by atoms with van der Waals surface area (Å²) in [5, 5.41) is 20.2. The molecular formula is C27H32N4O14S3. The number of aromatic nitrogens is 2. The van der Waals surface area contributed by atoms with Gasteiger partial charge in [0.25, 0.3) is 11.8 Å². The third kappa shape index (κ3) is 9.89. The maximum absolute atomic E-state index is 13.7. The van der Waals surface area contributed by atoms with Crippen molar-refractivity contribution in [3.8, 4) is 0 Å². The first kappa shape index (κ1) is 38.2. The first-order chi connectivity index (χ1) is 22.5. The number of nitrogens with zero attached hydrogens (tertiary/aromatic N) is 3. The van der Waals surface area contributed by atoms with Crippen LogP contribution in [0.4, 0.5) is 0 Å². The van der Waals surface area contributed by atoms with Crippen molar-refractivity contribution in [2.24, 2.45) is 0 Å². The second-order valence-electron chi connectivity index (χ2n) is 10.2. The van der Waals surface area contributed by atoms with E-state index in [0.29, 0.717) is 9.91 Å². The average Bonchev–Trinajstić information content (AvgIpc) is 3.40. The number of carboxylic acid groups (broad SMARTS) is 1. The molecule has 0 saturated carbocycles. The van der Waals surface area contributed by atoms with E-state index in [1.165, 1.54) is 34.9 Å². The normalized spacial score (nSPS) is 19.4. The Kier molecular flexibility index (Phi) is 13.3. The fraction of sp³-hybridized carbons (Fsp3) is 0.556. The van der Waals surface area contributed by atoms with E-state index in [0.717, 1.165) is 44.5 Å². The molecule has 6 atom stereocenters. The fourth-order valence-corrected chi connectivity index (χ4v) is 7.91. The summed E-state index contributed by atoms with van der Waals surface area (Å²) in [6, 6.07) is -1.31. The van der Waals surface area contributed by atoms with Gasteiger partial charge in [-0.1, -0.05) is 23.1 Å². The Hall–Kier alpha value is -4.24. The topological polar surface area (TPSA) is 244 Å². The van der Waals surface area contributed by atoms with Gasteiger partial charge in [0, 0.05) is 46.1 Å². The Labute approximate surface area is 285 Å². The van der Waals surface area contributed by atoms with Crippen LogP contribution in [0.3, 0.4) is 0 Å². The highest BCUT2D eigenvalue weighted by Gasteiger charge is 2.56. The third-order valence-electron chi connectivity index (χ3n) is 6.34. The molecule has 1 saturated heterocycles. The molecule has 1 fully saturated rings. The number of aryl methyl sites for hydroxylation is 1. The number of esters is 5. The molecule has 0 aliphatic carbocycles. The fourth-order valence-electron chi connectivity index (χ4n) is 4.61. The molecule has 0 aromatic carbocycles. The Balaban J connectivity index is 1.92. The summed E-state index contributed by atoms with van der Waals surface area (Å²) < 4.78 is 26.4. The SMILES string of the molecule is CC(=O)OC[C@H](OC(C)=O)[C@@H](OC(C)=O)[C@@H](OC(C)=O)[C@H](OC(C)=O)C(=O)NC1C(=O)N2C(C(=O)O)=C(CSc3nnc(C)s3)CSC12. The van der Waals surface area contributed by atoms with Gasteiger partial charge in [-0.05, 0) is 12.5 Å². The van der Waals surface area contributed by atoms with E-state index in [-0.39, 0.29) is 17.2 Å². The van der Waals surface area contributed by atoms with Gasteiger partial charge in [0.15, 0.2) is 22.7 Å². The smallest absolute Gasteiger partial charge is 0.352 e. The lowest BCUT2D eigenvalue weighted by Gasteiger charge is -2.49. The molecule has 0 spiro atoms. The van der Waals surface area contributed by atoms with E-state index in [1.54, 1.807) is 6.92 Å². The lowest BCUT2D eigenvalue weighted by atomic mass is 9.99. The predicted molar refractivity (Wildman–Crippen MR) is 164 cm³/mol. The summed E-state index contributed by atoms with van der Waals surface area (Å²) >= 11 is 3.76. The first-order valence-corrected chi connectivity index (χ1v) is 16.8. The Morgan fingerprint density at radius 1 is 0.917 bits per heavy atom. The van der Waals surface area contributed by atoms with Crippen molar-refractivity contribution in [1.82, 2.24) is 20.4 Å². The number of carboxylic acids is 1. The summed E-state index contributed by atoms with van der Waals surface area (Å²) in [6.07, 6.45) is -7.65. The van der Waals surface area contributed by atoms with Crippen LogP contribution in [0.1, 0.15) is 39.6 Å². The number of hydrogen-bond acceptors (Lipinski definition) is 18. The third-order valence-corrected chi connectivity index (χ3v) is 9.74. The van der Waals surface area contributed by atoms with E-state index >= 15 is 0 Å². The maximum atomic E-state index is 13.7. The van der Waals surface area contributed by atoms with E-state index < -0.39 is 90.1 Å². The summed E-state index contributed by atoms with van der Waals surface area (Å²) in [6.45, 7) is 5.88. The summed E-state index contributed by atoms with van der Waals surface area (Å²) in [5.74, 6) is -7.82. The van der Waals surface area contributed by atoms with E-state index in [9.17, 15) is 43.5 Å². The molecular weight excluding hydrogens is 701 g/mol. The highest BCUT2D eigenvalue weighted by molar-refractivity contribution is 8.01. The summed E-state index contributed by atoms with van der Waals surface area (Å²) in [7, 11) is 0. The zero-order valence-corrected chi connectivity index (χ0v) is 28.9. The van der Waals surface area contributed by atoms with Crippen molar-refractivity contribution >= 4 is 82.5 Å². The number of thioether (sulfide) groups is 2. The molecule has 2 aliphatic rings. The molecule has 262 valence electrons. The van der Waals surface area contributed by atoms with Gasteiger partial charge in [0.2, 0.25) is 6.10 Å². The van der Waals surface area contributed by atoms with Crippen LogP contribution in [0.15, 0.2) is 15.6 Å². The van der Waals surface area contributed by atoms with Gasteiger partial charge < -0.3 is 34.1 Å². The van der Waals surface area contributed by atoms with Crippen molar-refractivity contribution in [1.29, 1.82) is 0 Å². The molecule has 2 aliphatic heterocycles. The van der Waals surface area contributed by atoms with Gasteiger partial charge in [-0.2, -0.15) is 0 Å². The standard InChI is InChI=1S/C27H32N4O14S3/c1-10-29-30-27(48-10)47-9-16-8-46-25-18(24(38)31(25)19(16)26(39)40)28-23(37)22(45-15(6)36)21(44-14(5)35)20(43-13(4)34)17(42-12(3)33)7-41-11(2)32/h17-18,20-22,25H,7-9H2,1-6H3,(H,28,37)(H,39,40)/t17-,18?,20+,21+,22-,25?/m0/s1. The van der Waals surface area contributed by atoms with Crippen LogP contribution in [0.2, 0.25) is 0 Å². The number of carbonyl (C=O) groups is 8. The van der Waals surface area contributed by atoms with Gasteiger partial charge in [-0.25, -0.2) is 4.79 Å². The van der Waals surface area contributed by atoms with Crippen LogP contribution < -0.4 is 5.32 Å².